The van der Waals surface area contributed by atoms with E-state index >= 15 is 0 Å². The highest BCUT2D eigenvalue weighted by atomic mass is 32.1. The second kappa shape index (κ2) is 9.21. The number of amides is 2. The minimum atomic E-state index is -0.640. The van der Waals surface area contributed by atoms with Crippen molar-refractivity contribution in [2.75, 3.05) is 5.32 Å². The van der Waals surface area contributed by atoms with Crippen LogP contribution in [0.3, 0.4) is 0 Å². The van der Waals surface area contributed by atoms with Crippen molar-refractivity contribution in [3.05, 3.63) is 46.3 Å². The Balaban J connectivity index is 1.82. The first kappa shape index (κ1) is 22.3. The number of rotatable bonds is 8. The Hall–Kier alpha value is -2.34. The number of hydrogen-bond donors (Lipinski definition) is 2. The number of fused-ring (bicyclic) bond motifs is 1. The van der Waals surface area contributed by atoms with Crippen LogP contribution in [0, 0.1) is 11.3 Å². The molecule has 1 aliphatic rings. The number of hydrogen-bond acceptors (Lipinski definition) is 4. The normalized spacial score (nSPS) is 17.1. The predicted molar refractivity (Wildman–Crippen MR) is 122 cm³/mol. The van der Waals surface area contributed by atoms with Gasteiger partial charge in [-0.15, -0.1) is 11.3 Å². The van der Waals surface area contributed by atoms with E-state index in [1.165, 1.54) is 16.2 Å². The summed E-state index contributed by atoms with van der Waals surface area (Å²) >= 11 is 1.49. The minimum absolute atomic E-state index is 0.245. The number of nitrogens with one attached hydrogen (secondary N) is 1. The number of primary amides is 1. The van der Waals surface area contributed by atoms with Gasteiger partial charge in [0.25, 0.3) is 11.8 Å². The molecule has 2 aromatic rings. The molecule has 2 atom stereocenters. The van der Waals surface area contributed by atoms with Crippen molar-refractivity contribution >= 4 is 28.2 Å². The zero-order chi connectivity index (χ0) is 21.9. The number of anilines is 1. The molecule has 2 unspecified atom stereocenters. The second-order valence-electron chi connectivity index (χ2n) is 8.67. The van der Waals surface area contributed by atoms with Gasteiger partial charge in [0.15, 0.2) is 6.10 Å². The van der Waals surface area contributed by atoms with E-state index in [2.05, 4.69) is 26.1 Å². The SMILES string of the molecule is CCC(Oc1ccccc1)C(=O)Nc1sc2c(c1C(N)=O)CCC(C(C)(C)CC)C2. The molecule has 6 heteroatoms. The number of thiophene rings is 1. The van der Waals surface area contributed by atoms with E-state index in [1.807, 2.05) is 37.3 Å². The van der Waals surface area contributed by atoms with Crippen molar-refractivity contribution < 1.29 is 14.3 Å². The lowest BCUT2D eigenvalue weighted by atomic mass is 9.69. The minimum Gasteiger partial charge on any atom is -0.481 e. The molecule has 1 heterocycles. The van der Waals surface area contributed by atoms with E-state index in [1.54, 1.807) is 0 Å². The van der Waals surface area contributed by atoms with Crippen LogP contribution >= 0.6 is 11.3 Å². The quantitative estimate of drug-likeness (QED) is 0.607. The van der Waals surface area contributed by atoms with Crippen molar-refractivity contribution in [1.82, 2.24) is 0 Å². The molecule has 30 heavy (non-hydrogen) atoms. The molecular weight excluding hydrogens is 396 g/mol. The van der Waals surface area contributed by atoms with Gasteiger partial charge in [0.2, 0.25) is 0 Å². The van der Waals surface area contributed by atoms with Crippen molar-refractivity contribution in [3.63, 3.8) is 0 Å². The predicted octanol–water partition coefficient (Wildman–Crippen LogP) is 5.18. The smallest absolute Gasteiger partial charge is 0.266 e. The molecular formula is C24H32N2O3S. The summed E-state index contributed by atoms with van der Waals surface area (Å²) in [5, 5.41) is 3.50. The van der Waals surface area contributed by atoms with Crippen LogP contribution in [0.2, 0.25) is 0 Å². The van der Waals surface area contributed by atoms with Crippen LogP contribution in [0.25, 0.3) is 0 Å². The molecule has 0 bridgehead atoms. The lowest BCUT2D eigenvalue weighted by Gasteiger charge is -2.36. The zero-order valence-electron chi connectivity index (χ0n) is 18.3. The highest BCUT2D eigenvalue weighted by Gasteiger charge is 2.35. The molecule has 0 saturated heterocycles. The fourth-order valence-corrected chi connectivity index (χ4v) is 5.40. The summed E-state index contributed by atoms with van der Waals surface area (Å²) in [6.45, 7) is 8.74. The van der Waals surface area contributed by atoms with E-state index in [0.29, 0.717) is 28.7 Å². The third-order valence-electron chi connectivity index (χ3n) is 6.45. The molecule has 1 aromatic carbocycles. The summed E-state index contributed by atoms with van der Waals surface area (Å²) in [7, 11) is 0. The average Bonchev–Trinajstić information content (AvgIpc) is 3.09. The maximum absolute atomic E-state index is 12.9. The Morgan fingerprint density at radius 1 is 1.27 bits per heavy atom. The van der Waals surface area contributed by atoms with Crippen molar-refractivity contribution in [3.8, 4) is 5.75 Å². The average molecular weight is 429 g/mol. The highest BCUT2D eigenvalue weighted by molar-refractivity contribution is 7.17. The molecule has 1 aromatic heterocycles. The van der Waals surface area contributed by atoms with Crippen LogP contribution in [-0.2, 0) is 17.6 Å². The molecule has 0 fully saturated rings. The first-order chi connectivity index (χ1) is 14.3. The molecule has 0 spiro atoms. The number of nitrogens with two attached hydrogens (primary N) is 1. The van der Waals surface area contributed by atoms with Gasteiger partial charge in [0.05, 0.1) is 5.56 Å². The van der Waals surface area contributed by atoms with Crippen molar-refractivity contribution in [1.29, 1.82) is 0 Å². The molecule has 0 aliphatic heterocycles. The molecule has 162 valence electrons. The monoisotopic (exact) mass is 428 g/mol. The fourth-order valence-electron chi connectivity index (χ4n) is 4.07. The van der Waals surface area contributed by atoms with Gasteiger partial charge in [-0.3, -0.25) is 9.59 Å². The molecule has 2 amide bonds. The highest BCUT2D eigenvalue weighted by Crippen LogP contribution is 2.45. The van der Waals surface area contributed by atoms with Gasteiger partial charge in [-0.05, 0) is 54.7 Å². The lowest BCUT2D eigenvalue weighted by molar-refractivity contribution is -0.122. The summed E-state index contributed by atoms with van der Waals surface area (Å²) in [4.78, 5) is 26.3. The fraction of sp³-hybridized carbons (Fsp3) is 0.500. The maximum atomic E-state index is 12.9. The largest absolute Gasteiger partial charge is 0.481 e. The third-order valence-corrected chi connectivity index (χ3v) is 7.62. The molecule has 5 nitrogen and oxygen atoms in total. The van der Waals surface area contributed by atoms with Gasteiger partial charge in [0.1, 0.15) is 10.8 Å². The van der Waals surface area contributed by atoms with E-state index < -0.39 is 12.0 Å². The van der Waals surface area contributed by atoms with Crippen molar-refractivity contribution in [2.24, 2.45) is 17.1 Å². The van der Waals surface area contributed by atoms with E-state index in [4.69, 9.17) is 10.5 Å². The molecule has 3 rings (SSSR count). The summed E-state index contributed by atoms with van der Waals surface area (Å²) in [5.74, 6) is 0.466. The number of ether oxygens (including phenoxy) is 1. The van der Waals surface area contributed by atoms with Gasteiger partial charge in [0, 0.05) is 4.88 Å². The van der Waals surface area contributed by atoms with Crippen LogP contribution in [-0.4, -0.2) is 17.9 Å². The summed E-state index contributed by atoms with van der Waals surface area (Å²) in [6.07, 6.45) is 3.77. The number of para-hydroxylation sites is 1. The van der Waals surface area contributed by atoms with E-state index in [9.17, 15) is 9.59 Å². The van der Waals surface area contributed by atoms with Crippen LogP contribution in [0.1, 0.15) is 67.8 Å². The van der Waals surface area contributed by atoms with Gasteiger partial charge >= 0.3 is 0 Å². The zero-order valence-corrected chi connectivity index (χ0v) is 19.1. The molecule has 3 N–H and O–H groups in total. The van der Waals surface area contributed by atoms with E-state index in [0.717, 1.165) is 31.2 Å². The molecule has 0 radical (unpaired) electrons. The summed E-state index contributed by atoms with van der Waals surface area (Å²) in [6, 6.07) is 9.28. The number of carbonyl (C=O) groups is 2. The number of carbonyl (C=O) groups excluding carboxylic acids is 2. The summed E-state index contributed by atoms with van der Waals surface area (Å²) in [5.41, 5.74) is 7.46. The first-order valence-corrected chi connectivity index (χ1v) is 11.5. The van der Waals surface area contributed by atoms with Crippen LogP contribution in [0.5, 0.6) is 5.75 Å². The van der Waals surface area contributed by atoms with Gasteiger partial charge < -0.3 is 15.8 Å². The van der Waals surface area contributed by atoms with Crippen LogP contribution in [0.4, 0.5) is 5.00 Å². The Labute approximate surface area is 183 Å². The topological polar surface area (TPSA) is 81.4 Å². The second-order valence-corrected chi connectivity index (χ2v) is 9.78. The van der Waals surface area contributed by atoms with Gasteiger partial charge in [-0.25, -0.2) is 0 Å². The Bertz CT molecular complexity index is 905. The lowest BCUT2D eigenvalue weighted by Crippen LogP contribution is -2.33. The van der Waals surface area contributed by atoms with Crippen molar-refractivity contribution in [2.45, 2.75) is 65.9 Å². The Morgan fingerprint density at radius 2 is 1.97 bits per heavy atom. The Morgan fingerprint density at radius 3 is 2.57 bits per heavy atom. The molecule has 1 aliphatic carbocycles. The maximum Gasteiger partial charge on any atom is 0.266 e. The van der Waals surface area contributed by atoms with Crippen LogP contribution in [0.15, 0.2) is 30.3 Å². The number of benzene rings is 1. The first-order valence-electron chi connectivity index (χ1n) is 10.7. The van der Waals surface area contributed by atoms with Crippen LogP contribution < -0.4 is 15.8 Å². The van der Waals surface area contributed by atoms with E-state index in [-0.39, 0.29) is 11.3 Å². The standard InChI is InChI=1S/C24H32N2O3S/c1-5-18(29-16-10-8-7-9-11-16)22(28)26-23-20(21(25)27)17-13-12-15(14-19(17)30-23)24(3,4)6-2/h7-11,15,18H,5-6,12-14H2,1-4H3,(H2,25,27)(H,26,28). The Kier molecular flexibility index (Phi) is 6.86. The van der Waals surface area contributed by atoms with Gasteiger partial charge in [-0.1, -0.05) is 52.3 Å². The van der Waals surface area contributed by atoms with Gasteiger partial charge in [-0.2, -0.15) is 0 Å². The third kappa shape index (κ3) is 4.69. The summed E-state index contributed by atoms with van der Waals surface area (Å²) < 4.78 is 5.85. The molecule has 0 saturated carbocycles.